The predicted octanol–water partition coefficient (Wildman–Crippen LogP) is 3.63. The van der Waals surface area contributed by atoms with E-state index in [0.29, 0.717) is 35.9 Å². The topological polar surface area (TPSA) is 64.1 Å². The minimum atomic E-state index is 0.0645. The molecule has 6 heteroatoms. The Morgan fingerprint density at radius 3 is 2.96 bits per heavy atom. The van der Waals surface area contributed by atoms with Gasteiger partial charge in [-0.25, -0.2) is 9.97 Å². The number of rotatable bonds is 4. The van der Waals surface area contributed by atoms with Crippen LogP contribution >= 0.6 is 11.6 Å². The summed E-state index contributed by atoms with van der Waals surface area (Å²) in [7, 11) is 0. The van der Waals surface area contributed by atoms with Crippen molar-refractivity contribution in [3.63, 3.8) is 0 Å². The van der Waals surface area contributed by atoms with Crippen LogP contribution in [0.2, 0.25) is 5.02 Å². The number of aromatic nitrogens is 2. The van der Waals surface area contributed by atoms with Crippen LogP contribution in [0.1, 0.15) is 46.8 Å². The summed E-state index contributed by atoms with van der Waals surface area (Å²) in [6, 6.07) is 7.71. The first-order chi connectivity index (χ1) is 12.2. The van der Waals surface area contributed by atoms with Gasteiger partial charge in [0.05, 0.1) is 17.4 Å². The zero-order valence-corrected chi connectivity index (χ0v) is 14.6. The van der Waals surface area contributed by atoms with Crippen LogP contribution in [0.4, 0.5) is 5.95 Å². The highest BCUT2D eigenvalue weighted by Crippen LogP contribution is 2.35. The Morgan fingerprint density at radius 1 is 1.28 bits per heavy atom. The van der Waals surface area contributed by atoms with Crippen molar-refractivity contribution in [2.75, 3.05) is 18.5 Å². The van der Waals surface area contributed by atoms with Crippen LogP contribution in [0.5, 0.6) is 0 Å². The molecule has 2 atom stereocenters. The van der Waals surface area contributed by atoms with Gasteiger partial charge in [-0.1, -0.05) is 29.8 Å². The molecule has 5 nitrogen and oxygen atoms in total. The van der Waals surface area contributed by atoms with Crippen LogP contribution in [0.25, 0.3) is 0 Å². The number of halogens is 1. The van der Waals surface area contributed by atoms with Gasteiger partial charge in [0.15, 0.2) is 5.78 Å². The summed E-state index contributed by atoms with van der Waals surface area (Å²) >= 11 is 6.32. The van der Waals surface area contributed by atoms with Crippen molar-refractivity contribution in [3.05, 3.63) is 52.3 Å². The van der Waals surface area contributed by atoms with Crippen LogP contribution in [0.3, 0.4) is 0 Å². The summed E-state index contributed by atoms with van der Waals surface area (Å²) in [6.45, 7) is 1.52. The zero-order valence-electron chi connectivity index (χ0n) is 13.9. The molecule has 25 heavy (non-hydrogen) atoms. The zero-order chi connectivity index (χ0) is 17.2. The lowest BCUT2D eigenvalue weighted by atomic mass is 9.82. The lowest BCUT2D eigenvalue weighted by Crippen LogP contribution is -2.23. The summed E-state index contributed by atoms with van der Waals surface area (Å²) in [4.78, 5) is 21.4. The van der Waals surface area contributed by atoms with Gasteiger partial charge in [0.1, 0.15) is 0 Å². The SMILES string of the molecule is O=C1C[C@H](c2ccccc2Cl)Cc2nc(NC[C@@H]3CCCO3)ncc21. The van der Waals surface area contributed by atoms with E-state index >= 15 is 0 Å². The second-order valence-corrected chi connectivity index (χ2v) is 7.03. The highest BCUT2D eigenvalue weighted by molar-refractivity contribution is 6.31. The lowest BCUT2D eigenvalue weighted by Gasteiger charge is -2.24. The molecule has 0 bridgehead atoms. The van der Waals surface area contributed by atoms with Gasteiger partial charge in [0.2, 0.25) is 5.95 Å². The van der Waals surface area contributed by atoms with Crippen LogP contribution in [0.15, 0.2) is 30.5 Å². The van der Waals surface area contributed by atoms with Crippen molar-refractivity contribution in [3.8, 4) is 0 Å². The number of anilines is 1. The number of hydrogen-bond donors (Lipinski definition) is 1. The fourth-order valence-electron chi connectivity index (χ4n) is 3.57. The number of ether oxygens (including phenoxy) is 1. The van der Waals surface area contributed by atoms with Crippen molar-refractivity contribution in [1.82, 2.24) is 9.97 Å². The Balaban J connectivity index is 1.53. The standard InChI is InChI=1S/C19H20ClN3O2/c20-16-6-2-1-5-14(16)12-8-17-15(18(24)9-12)11-22-19(23-17)21-10-13-4-3-7-25-13/h1-2,5-6,11-13H,3-4,7-10H2,(H,21,22,23)/t12-,13+/m1/s1. The number of hydrogen-bond acceptors (Lipinski definition) is 5. The third kappa shape index (κ3) is 3.53. The molecule has 2 aromatic rings. The molecule has 1 N–H and O–H groups in total. The maximum absolute atomic E-state index is 12.5. The summed E-state index contributed by atoms with van der Waals surface area (Å²) in [5.41, 5.74) is 2.44. The largest absolute Gasteiger partial charge is 0.376 e. The molecule has 0 unspecified atom stereocenters. The molecular formula is C19H20ClN3O2. The van der Waals surface area contributed by atoms with Crippen molar-refractivity contribution in [1.29, 1.82) is 0 Å². The first-order valence-corrected chi connectivity index (χ1v) is 9.07. The predicted molar refractivity (Wildman–Crippen MR) is 96.3 cm³/mol. The molecular weight excluding hydrogens is 338 g/mol. The van der Waals surface area contributed by atoms with E-state index in [1.807, 2.05) is 24.3 Å². The van der Waals surface area contributed by atoms with Gasteiger partial charge in [-0.15, -0.1) is 0 Å². The number of nitrogens with one attached hydrogen (secondary N) is 1. The maximum Gasteiger partial charge on any atom is 0.222 e. The van der Waals surface area contributed by atoms with E-state index in [-0.39, 0.29) is 17.8 Å². The Kier molecular flexibility index (Phi) is 4.68. The van der Waals surface area contributed by atoms with Gasteiger partial charge < -0.3 is 10.1 Å². The maximum atomic E-state index is 12.5. The monoisotopic (exact) mass is 357 g/mol. The van der Waals surface area contributed by atoms with Gasteiger partial charge in [-0.2, -0.15) is 0 Å². The highest BCUT2D eigenvalue weighted by Gasteiger charge is 2.29. The van der Waals surface area contributed by atoms with Crippen LogP contribution in [-0.4, -0.2) is 35.0 Å². The first kappa shape index (κ1) is 16.5. The average molecular weight is 358 g/mol. The summed E-state index contributed by atoms with van der Waals surface area (Å²) in [5, 5.41) is 3.94. The van der Waals surface area contributed by atoms with Gasteiger partial charge in [0, 0.05) is 30.8 Å². The second kappa shape index (κ2) is 7.10. The third-order valence-electron chi connectivity index (χ3n) is 4.90. The van der Waals surface area contributed by atoms with E-state index in [1.165, 1.54) is 0 Å². The summed E-state index contributed by atoms with van der Waals surface area (Å²) in [5.74, 6) is 0.702. The number of nitrogens with zero attached hydrogens (tertiary/aromatic N) is 2. The molecule has 4 rings (SSSR count). The molecule has 1 aromatic heterocycles. The van der Waals surface area contributed by atoms with Gasteiger partial charge in [-0.3, -0.25) is 4.79 Å². The average Bonchev–Trinajstić information content (AvgIpc) is 3.13. The molecule has 1 aliphatic heterocycles. The Morgan fingerprint density at radius 2 is 2.16 bits per heavy atom. The van der Waals surface area contributed by atoms with Gasteiger partial charge in [0.25, 0.3) is 0 Å². The molecule has 1 aliphatic carbocycles. The molecule has 0 amide bonds. The quantitative estimate of drug-likeness (QED) is 0.905. The molecule has 2 aliphatic rings. The number of carbonyl (C=O) groups is 1. The van der Waals surface area contributed by atoms with E-state index in [4.69, 9.17) is 16.3 Å². The second-order valence-electron chi connectivity index (χ2n) is 6.62. The molecule has 2 heterocycles. The number of fused-ring (bicyclic) bond motifs is 1. The first-order valence-electron chi connectivity index (χ1n) is 8.69. The Hall–Kier alpha value is -1.98. The van der Waals surface area contributed by atoms with Crippen molar-refractivity contribution in [2.24, 2.45) is 0 Å². The molecule has 1 saturated heterocycles. The number of ketones is 1. The minimum absolute atomic E-state index is 0.0645. The van der Waals surface area contributed by atoms with Crippen molar-refractivity contribution >= 4 is 23.3 Å². The molecule has 0 saturated carbocycles. The van der Waals surface area contributed by atoms with Crippen LogP contribution in [0, 0.1) is 0 Å². The van der Waals surface area contributed by atoms with Crippen molar-refractivity contribution in [2.45, 2.75) is 37.7 Å². The van der Waals surface area contributed by atoms with Gasteiger partial charge in [-0.05, 0) is 36.8 Å². The molecule has 1 fully saturated rings. The fraction of sp³-hybridized carbons (Fsp3) is 0.421. The number of benzene rings is 1. The van der Waals surface area contributed by atoms with E-state index in [1.54, 1.807) is 6.20 Å². The highest BCUT2D eigenvalue weighted by atomic mass is 35.5. The third-order valence-corrected chi connectivity index (χ3v) is 5.24. The van der Waals surface area contributed by atoms with E-state index in [2.05, 4.69) is 15.3 Å². The molecule has 0 spiro atoms. The summed E-state index contributed by atoms with van der Waals surface area (Å²) in [6.07, 6.45) is 5.17. The van der Waals surface area contributed by atoms with E-state index < -0.39 is 0 Å². The number of Topliss-reactive ketones (excluding diaryl/α,β-unsaturated/α-hetero) is 1. The van der Waals surface area contributed by atoms with Crippen LogP contribution < -0.4 is 5.32 Å². The Labute approximate surface area is 151 Å². The minimum Gasteiger partial charge on any atom is -0.376 e. The lowest BCUT2D eigenvalue weighted by molar-refractivity contribution is 0.0962. The summed E-state index contributed by atoms with van der Waals surface area (Å²) < 4.78 is 5.61. The van der Waals surface area contributed by atoms with Crippen molar-refractivity contribution < 1.29 is 9.53 Å². The fourth-order valence-corrected chi connectivity index (χ4v) is 3.86. The Bertz CT molecular complexity index is 790. The normalized spacial score (nSPS) is 22.7. The smallest absolute Gasteiger partial charge is 0.222 e. The molecule has 0 radical (unpaired) electrons. The molecule has 1 aromatic carbocycles. The molecule has 130 valence electrons. The number of carbonyl (C=O) groups excluding carboxylic acids is 1. The van der Waals surface area contributed by atoms with Crippen LogP contribution in [-0.2, 0) is 11.2 Å². The van der Waals surface area contributed by atoms with E-state index in [0.717, 1.165) is 30.7 Å². The van der Waals surface area contributed by atoms with Gasteiger partial charge >= 0.3 is 0 Å². The van der Waals surface area contributed by atoms with E-state index in [9.17, 15) is 4.79 Å².